The van der Waals surface area contributed by atoms with Gasteiger partial charge >= 0.3 is 0 Å². The monoisotopic (exact) mass is 252 g/mol. The molecule has 2 rings (SSSR count). The summed E-state index contributed by atoms with van der Waals surface area (Å²) in [7, 11) is 0. The van der Waals surface area contributed by atoms with Crippen LogP contribution in [-0.4, -0.2) is 6.10 Å². The molecule has 0 spiro atoms. The normalized spacial score (nSPS) is 12.0. The second-order valence-corrected chi connectivity index (χ2v) is 4.63. The fraction of sp³-hybridized carbons (Fsp3) is 0.222. The van der Waals surface area contributed by atoms with Gasteiger partial charge in [-0.05, 0) is 24.0 Å². The lowest BCUT2D eigenvalue weighted by atomic mass is 10.1. The van der Waals surface area contributed by atoms with Crippen LogP contribution in [-0.2, 0) is 17.8 Å². The van der Waals surface area contributed by atoms with Crippen molar-refractivity contribution in [3.05, 3.63) is 84.4 Å². The van der Waals surface area contributed by atoms with Crippen molar-refractivity contribution >= 4 is 0 Å². The fourth-order valence-electron chi connectivity index (χ4n) is 2.06. The standard InChI is InChI=1S/C18H20O/c1-2-9-18(14-16-10-5-3-6-11-16)19-15-17-12-7-4-8-13-17/h2-8,10-13,18H,1,9,14-15H2. The molecule has 0 heterocycles. The minimum absolute atomic E-state index is 0.195. The number of hydrogen-bond donors (Lipinski definition) is 0. The van der Waals surface area contributed by atoms with Gasteiger partial charge in [-0.2, -0.15) is 0 Å². The fourth-order valence-corrected chi connectivity index (χ4v) is 2.06. The Kier molecular flexibility index (Phi) is 5.39. The quantitative estimate of drug-likeness (QED) is 0.664. The second kappa shape index (κ2) is 7.55. The van der Waals surface area contributed by atoms with E-state index in [9.17, 15) is 0 Å². The molecule has 19 heavy (non-hydrogen) atoms. The average Bonchev–Trinajstić information content (AvgIpc) is 2.47. The molecule has 1 atom stereocenters. The molecule has 2 aromatic rings. The predicted molar refractivity (Wildman–Crippen MR) is 80.0 cm³/mol. The molecule has 0 fully saturated rings. The Hall–Kier alpha value is -1.86. The third-order valence-electron chi connectivity index (χ3n) is 3.06. The predicted octanol–water partition coefficient (Wildman–Crippen LogP) is 4.39. The van der Waals surface area contributed by atoms with Crippen molar-refractivity contribution in [1.82, 2.24) is 0 Å². The molecule has 0 N–H and O–H groups in total. The Morgan fingerprint density at radius 3 is 2.05 bits per heavy atom. The summed E-state index contributed by atoms with van der Waals surface area (Å²) in [5, 5.41) is 0. The van der Waals surface area contributed by atoms with Crippen LogP contribution in [0, 0.1) is 0 Å². The lowest BCUT2D eigenvalue weighted by Crippen LogP contribution is -2.15. The smallest absolute Gasteiger partial charge is 0.0720 e. The molecule has 0 aliphatic carbocycles. The highest BCUT2D eigenvalue weighted by molar-refractivity contribution is 5.16. The summed E-state index contributed by atoms with van der Waals surface area (Å²) < 4.78 is 6.00. The van der Waals surface area contributed by atoms with Gasteiger partial charge in [0.2, 0.25) is 0 Å². The Morgan fingerprint density at radius 2 is 1.47 bits per heavy atom. The molecule has 2 aromatic carbocycles. The largest absolute Gasteiger partial charge is 0.373 e. The summed E-state index contributed by atoms with van der Waals surface area (Å²) >= 11 is 0. The van der Waals surface area contributed by atoms with E-state index in [1.165, 1.54) is 11.1 Å². The van der Waals surface area contributed by atoms with Crippen LogP contribution < -0.4 is 0 Å². The molecule has 0 saturated heterocycles. The zero-order valence-electron chi connectivity index (χ0n) is 11.2. The van der Waals surface area contributed by atoms with Crippen molar-refractivity contribution in [2.75, 3.05) is 0 Å². The maximum Gasteiger partial charge on any atom is 0.0720 e. The molecule has 0 bridgehead atoms. The third kappa shape index (κ3) is 4.72. The number of hydrogen-bond acceptors (Lipinski definition) is 1. The van der Waals surface area contributed by atoms with Crippen LogP contribution in [0.5, 0.6) is 0 Å². The van der Waals surface area contributed by atoms with Crippen LogP contribution in [0.25, 0.3) is 0 Å². The van der Waals surface area contributed by atoms with E-state index in [-0.39, 0.29) is 6.10 Å². The molecular formula is C18H20O. The summed E-state index contributed by atoms with van der Waals surface area (Å²) in [6, 6.07) is 20.7. The Morgan fingerprint density at radius 1 is 0.895 bits per heavy atom. The van der Waals surface area contributed by atoms with Crippen LogP contribution in [0.4, 0.5) is 0 Å². The highest BCUT2D eigenvalue weighted by Gasteiger charge is 2.08. The second-order valence-electron chi connectivity index (χ2n) is 4.63. The van der Waals surface area contributed by atoms with Gasteiger partial charge in [0.1, 0.15) is 0 Å². The van der Waals surface area contributed by atoms with Crippen molar-refractivity contribution < 1.29 is 4.74 Å². The van der Waals surface area contributed by atoms with Crippen LogP contribution in [0.3, 0.4) is 0 Å². The SMILES string of the molecule is C=CCC(Cc1ccccc1)OCc1ccccc1. The summed E-state index contributed by atoms with van der Waals surface area (Å²) in [4.78, 5) is 0. The van der Waals surface area contributed by atoms with E-state index in [4.69, 9.17) is 4.74 Å². The van der Waals surface area contributed by atoms with E-state index < -0.39 is 0 Å². The van der Waals surface area contributed by atoms with Crippen LogP contribution in [0.15, 0.2) is 73.3 Å². The first kappa shape index (κ1) is 13.6. The van der Waals surface area contributed by atoms with Crippen molar-refractivity contribution in [1.29, 1.82) is 0 Å². The summed E-state index contributed by atoms with van der Waals surface area (Å²) in [6.07, 6.45) is 3.93. The molecule has 0 aromatic heterocycles. The van der Waals surface area contributed by atoms with Crippen LogP contribution in [0.1, 0.15) is 17.5 Å². The van der Waals surface area contributed by atoms with Gasteiger partial charge < -0.3 is 4.74 Å². The Balaban J connectivity index is 1.91. The zero-order valence-corrected chi connectivity index (χ0v) is 11.2. The third-order valence-corrected chi connectivity index (χ3v) is 3.06. The zero-order chi connectivity index (χ0) is 13.3. The first-order chi connectivity index (χ1) is 9.38. The Labute approximate surface area is 115 Å². The van der Waals surface area contributed by atoms with Gasteiger partial charge in [0.25, 0.3) is 0 Å². The van der Waals surface area contributed by atoms with E-state index in [2.05, 4.69) is 43.0 Å². The molecule has 0 aliphatic heterocycles. The lowest BCUT2D eigenvalue weighted by Gasteiger charge is -2.16. The van der Waals surface area contributed by atoms with Gasteiger partial charge in [-0.1, -0.05) is 66.7 Å². The first-order valence-electron chi connectivity index (χ1n) is 6.69. The molecule has 0 amide bonds. The van der Waals surface area contributed by atoms with E-state index in [1.807, 2.05) is 30.3 Å². The van der Waals surface area contributed by atoms with Crippen molar-refractivity contribution in [3.8, 4) is 0 Å². The number of ether oxygens (including phenoxy) is 1. The van der Waals surface area contributed by atoms with Gasteiger partial charge in [-0.25, -0.2) is 0 Å². The minimum Gasteiger partial charge on any atom is -0.373 e. The minimum atomic E-state index is 0.195. The summed E-state index contributed by atoms with van der Waals surface area (Å²) in [5.74, 6) is 0. The van der Waals surface area contributed by atoms with E-state index in [0.717, 1.165) is 12.8 Å². The molecular weight excluding hydrogens is 232 g/mol. The number of rotatable bonds is 7. The molecule has 0 aliphatic rings. The van der Waals surface area contributed by atoms with Gasteiger partial charge in [-0.15, -0.1) is 6.58 Å². The Bertz CT molecular complexity index is 476. The topological polar surface area (TPSA) is 9.23 Å². The molecule has 1 unspecified atom stereocenters. The van der Waals surface area contributed by atoms with E-state index >= 15 is 0 Å². The highest BCUT2D eigenvalue weighted by atomic mass is 16.5. The molecule has 1 heteroatoms. The number of benzene rings is 2. The van der Waals surface area contributed by atoms with Gasteiger partial charge in [0.05, 0.1) is 12.7 Å². The lowest BCUT2D eigenvalue weighted by molar-refractivity contribution is 0.0430. The van der Waals surface area contributed by atoms with Crippen LogP contribution >= 0.6 is 0 Å². The maximum absolute atomic E-state index is 6.00. The van der Waals surface area contributed by atoms with E-state index in [1.54, 1.807) is 0 Å². The van der Waals surface area contributed by atoms with Crippen molar-refractivity contribution in [2.24, 2.45) is 0 Å². The van der Waals surface area contributed by atoms with Gasteiger partial charge in [-0.3, -0.25) is 0 Å². The van der Waals surface area contributed by atoms with Gasteiger partial charge in [0, 0.05) is 0 Å². The maximum atomic E-state index is 6.00. The van der Waals surface area contributed by atoms with Gasteiger partial charge in [0.15, 0.2) is 0 Å². The molecule has 98 valence electrons. The summed E-state index contributed by atoms with van der Waals surface area (Å²) in [5.41, 5.74) is 2.52. The summed E-state index contributed by atoms with van der Waals surface area (Å²) in [6.45, 7) is 4.48. The molecule has 0 saturated carbocycles. The highest BCUT2D eigenvalue weighted by Crippen LogP contribution is 2.12. The van der Waals surface area contributed by atoms with E-state index in [0.29, 0.717) is 6.61 Å². The first-order valence-corrected chi connectivity index (χ1v) is 6.69. The average molecular weight is 252 g/mol. The molecule has 1 nitrogen and oxygen atoms in total. The van der Waals surface area contributed by atoms with Crippen molar-refractivity contribution in [3.63, 3.8) is 0 Å². The molecule has 0 radical (unpaired) electrons. The van der Waals surface area contributed by atoms with Crippen LogP contribution in [0.2, 0.25) is 0 Å². The van der Waals surface area contributed by atoms with Crippen molar-refractivity contribution in [2.45, 2.75) is 25.6 Å².